The van der Waals surface area contributed by atoms with Crippen LogP contribution >= 0.6 is 0 Å². The number of fused-ring (bicyclic) bond motifs is 4. The van der Waals surface area contributed by atoms with Gasteiger partial charge in [-0.25, -0.2) is 19.7 Å². The number of hydrogen-bond donors (Lipinski definition) is 3. The maximum atomic E-state index is 13.1. The number of carbonyl (C=O) groups is 2. The van der Waals surface area contributed by atoms with E-state index < -0.39 is 5.41 Å². The van der Waals surface area contributed by atoms with Gasteiger partial charge in [0, 0.05) is 18.0 Å². The second kappa shape index (κ2) is 6.45. The molecule has 36 heavy (non-hydrogen) atoms. The molecule has 0 fully saturated rings. The molecule has 1 aliphatic carbocycles. The standard InChI is InChI=1S/C25H18N8O3/c34-19-11-33-20-17(3-5-27-22(20)30-19)32(24(33)36)10-18-28-15-6-12-8-25(9-13(12)7-16(15)29-18)14-2-1-4-26-21(14)31-23(25)35/h1-7H,8-11H2,(H,28,29)(H,26,31,35)(H,27,30,34). The lowest BCUT2D eigenvalue weighted by Gasteiger charge is -2.20. The maximum absolute atomic E-state index is 13.1. The van der Waals surface area contributed by atoms with Crippen LogP contribution in [0.1, 0.15) is 22.5 Å². The highest BCUT2D eigenvalue weighted by molar-refractivity contribution is 6.06. The highest BCUT2D eigenvalue weighted by Gasteiger charge is 2.51. The summed E-state index contributed by atoms with van der Waals surface area (Å²) in [6, 6.07) is 9.70. The van der Waals surface area contributed by atoms with E-state index in [-0.39, 0.29) is 30.6 Å². The Morgan fingerprint density at radius 2 is 1.81 bits per heavy atom. The third-order valence-corrected chi connectivity index (χ3v) is 7.62. The minimum absolute atomic E-state index is 0.0142. The van der Waals surface area contributed by atoms with Gasteiger partial charge < -0.3 is 15.6 Å². The number of benzene rings is 1. The van der Waals surface area contributed by atoms with Crippen molar-refractivity contribution >= 4 is 45.5 Å². The lowest BCUT2D eigenvalue weighted by Crippen LogP contribution is -2.35. The fourth-order valence-corrected chi connectivity index (χ4v) is 6.03. The minimum atomic E-state index is -0.633. The molecule has 11 nitrogen and oxygen atoms in total. The normalized spacial score (nSPS) is 17.0. The fraction of sp³-hybridized carbons (Fsp3) is 0.200. The first-order valence-corrected chi connectivity index (χ1v) is 11.7. The Bertz CT molecular complexity index is 1830. The molecule has 176 valence electrons. The van der Waals surface area contributed by atoms with Crippen molar-refractivity contribution in [3.8, 4) is 0 Å². The number of amides is 2. The number of nitrogens with zero attached hydrogens (tertiary/aromatic N) is 5. The smallest absolute Gasteiger partial charge is 0.330 e. The van der Waals surface area contributed by atoms with Crippen molar-refractivity contribution < 1.29 is 9.59 Å². The van der Waals surface area contributed by atoms with Crippen molar-refractivity contribution in [3.05, 3.63) is 75.7 Å². The molecule has 0 radical (unpaired) electrons. The summed E-state index contributed by atoms with van der Waals surface area (Å²) in [5.41, 5.74) is 5.17. The van der Waals surface area contributed by atoms with Crippen LogP contribution in [0.4, 0.5) is 11.6 Å². The predicted molar refractivity (Wildman–Crippen MR) is 130 cm³/mol. The van der Waals surface area contributed by atoms with Crippen molar-refractivity contribution in [2.24, 2.45) is 0 Å². The largest absolute Gasteiger partial charge is 0.340 e. The zero-order chi connectivity index (χ0) is 24.2. The van der Waals surface area contributed by atoms with Gasteiger partial charge in [0.05, 0.1) is 28.5 Å². The first kappa shape index (κ1) is 19.5. The molecule has 1 atom stereocenters. The number of rotatable bonds is 2. The Morgan fingerprint density at radius 1 is 0.972 bits per heavy atom. The third-order valence-electron chi connectivity index (χ3n) is 7.62. The first-order chi connectivity index (χ1) is 17.5. The molecule has 2 aliphatic heterocycles. The molecule has 2 amide bonds. The van der Waals surface area contributed by atoms with E-state index in [9.17, 15) is 14.4 Å². The van der Waals surface area contributed by atoms with Crippen molar-refractivity contribution in [2.75, 3.05) is 10.6 Å². The molecule has 6 heterocycles. The summed E-state index contributed by atoms with van der Waals surface area (Å²) in [6.45, 7) is 0.187. The van der Waals surface area contributed by atoms with Crippen LogP contribution in [0, 0.1) is 0 Å². The van der Waals surface area contributed by atoms with Gasteiger partial charge in [-0.15, -0.1) is 0 Å². The lowest BCUT2D eigenvalue weighted by molar-refractivity contribution is -0.120. The summed E-state index contributed by atoms with van der Waals surface area (Å²) in [5.74, 6) is 1.38. The highest BCUT2D eigenvalue weighted by atomic mass is 16.2. The highest BCUT2D eigenvalue weighted by Crippen LogP contribution is 2.47. The van der Waals surface area contributed by atoms with E-state index >= 15 is 0 Å². The molecule has 4 aromatic heterocycles. The Morgan fingerprint density at radius 3 is 2.69 bits per heavy atom. The van der Waals surface area contributed by atoms with Crippen LogP contribution in [-0.2, 0) is 40.9 Å². The molecular weight excluding hydrogens is 460 g/mol. The van der Waals surface area contributed by atoms with Gasteiger partial charge in [0.15, 0.2) is 5.82 Å². The molecule has 11 heteroatoms. The van der Waals surface area contributed by atoms with Crippen molar-refractivity contribution in [1.29, 1.82) is 0 Å². The second-order valence-electron chi connectivity index (χ2n) is 9.64. The summed E-state index contributed by atoms with van der Waals surface area (Å²) in [7, 11) is 0. The molecule has 0 saturated heterocycles. The summed E-state index contributed by atoms with van der Waals surface area (Å²) < 4.78 is 3.06. The Labute approximate surface area is 202 Å². The molecule has 8 rings (SSSR count). The van der Waals surface area contributed by atoms with Gasteiger partial charge in [-0.3, -0.25) is 18.7 Å². The van der Waals surface area contributed by atoms with Crippen LogP contribution in [0.2, 0.25) is 0 Å². The minimum Gasteiger partial charge on any atom is -0.340 e. The number of aromatic nitrogens is 6. The van der Waals surface area contributed by atoms with Crippen LogP contribution in [0.5, 0.6) is 0 Å². The van der Waals surface area contributed by atoms with Crippen molar-refractivity contribution in [1.82, 2.24) is 29.1 Å². The van der Waals surface area contributed by atoms with E-state index in [1.165, 1.54) is 4.57 Å². The summed E-state index contributed by atoms with van der Waals surface area (Å²) in [6.07, 6.45) is 4.46. The summed E-state index contributed by atoms with van der Waals surface area (Å²) in [5, 5.41) is 5.66. The average Bonchev–Trinajstić information content (AvgIpc) is 3.58. The molecule has 0 bridgehead atoms. The van der Waals surface area contributed by atoms with Gasteiger partial charge in [-0.1, -0.05) is 6.07 Å². The van der Waals surface area contributed by atoms with Crippen LogP contribution < -0.4 is 16.3 Å². The molecule has 3 N–H and O–H groups in total. The predicted octanol–water partition coefficient (Wildman–Crippen LogP) is 1.46. The zero-order valence-corrected chi connectivity index (χ0v) is 18.8. The third kappa shape index (κ3) is 2.41. The molecule has 5 aromatic rings. The van der Waals surface area contributed by atoms with Gasteiger partial charge in [0.25, 0.3) is 0 Å². The molecule has 1 unspecified atom stereocenters. The molecule has 1 aromatic carbocycles. The van der Waals surface area contributed by atoms with Gasteiger partial charge in [-0.2, -0.15) is 0 Å². The van der Waals surface area contributed by atoms with Gasteiger partial charge in [-0.05, 0) is 48.2 Å². The number of hydrogen-bond acceptors (Lipinski definition) is 6. The number of nitrogens with one attached hydrogen (secondary N) is 3. The number of H-pyrrole nitrogens is 1. The van der Waals surface area contributed by atoms with Gasteiger partial charge in [0.2, 0.25) is 11.8 Å². The second-order valence-corrected chi connectivity index (χ2v) is 9.64. The number of aromatic amines is 1. The average molecular weight is 478 g/mol. The topological polar surface area (TPSA) is 140 Å². The number of anilines is 2. The van der Waals surface area contributed by atoms with Crippen LogP contribution in [0.3, 0.4) is 0 Å². The van der Waals surface area contributed by atoms with E-state index in [0.717, 1.165) is 27.7 Å². The van der Waals surface area contributed by atoms with Gasteiger partial charge >= 0.3 is 5.69 Å². The van der Waals surface area contributed by atoms with Crippen LogP contribution in [0.25, 0.3) is 22.1 Å². The Kier molecular flexibility index (Phi) is 3.49. The molecule has 3 aliphatic rings. The molecule has 0 saturated carbocycles. The van der Waals surface area contributed by atoms with Crippen molar-refractivity contribution in [2.45, 2.75) is 31.3 Å². The quantitative estimate of drug-likeness (QED) is 0.351. The molecule has 1 spiro atoms. The number of pyridine rings is 2. The van der Waals surface area contributed by atoms with Crippen LogP contribution in [-0.4, -0.2) is 40.9 Å². The maximum Gasteiger partial charge on any atom is 0.330 e. The van der Waals surface area contributed by atoms with E-state index in [2.05, 4.69) is 31.7 Å². The van der Waals surface area contributed by atoms with Crippen LogP contribution in [0.15, 0.2) is 47.5 Å². The Hall–Kier alpha value is -4.80. The summed E-state index contributed by atoms with van der Waals surface area (Å²) >= 11 is 0. The Balaban J connectivity index is 1.18. The van der Waals surface area contributed by atoms with Crippen molar-refractivity contribution in [3.63, 3.8) is 0 Å². The van der Waals surface area contributed by atoms with E-state index in [0.29, 0.717) is 41.3 Å². The van der Waals surface area contributed by atoms with E-state index in [1.54, 1.807) is 23.0 Å². The number of carbonyl (C=O) groups excluding carboxylic acids is 2. The SMILES string of the molecule is O=C1Cn2c(=O)n(Cc3nc4cc5c(cc4[nH]3)CC3(C5)C(=O)Nc4ncccc43)c3ccnc(c32)N1. The first-order valence-electron chi connectivity index (χ1n) is 11.7. The lowest BCUT2D eigenvalue weighted by atomic mass is 9.79. The fourth-order valence-electron chi connectivity index (χ4n) is 6.03. The van der Waals surface area contributed by atoms with E-state index in [4.69, 9.17) is 4.98 Å². The molecular formula is C25H18N8O3. The number of imidazole rings is 2. The summed E-state index contributed by atoms with van der Waals surface area (Å²) in [4.78, 5) is 54.8. The zero-order valence-electron chi connectivity index (χ0n) is 18.8. The van der Waals surface area contributed by atoms with E-state index in [1.807, 2.05) is 18.2 Å². The van der Waals surface area contributed by atoms with Gasteiger partial charge in [0.1, 0.15) is 23.7 Å². The monoisotopic (exact) mass is 478 g/mol.